The van der Waals surface area contributed by atoms with Gasteiger partial charge in [-0.1, -0.05) is 18.6 Å². The summed E-state index contributed by atoms with van der Waals surface area (Å²) in [5.74, 6) is -1.67. The molecule has 1 atom stereocenters. The van der Waals surface area contributed by atoms with Crippen LogP contribution in [0.3, 0.4) is 0 Å². The maximum atomic E-state index is 12.4. The summed E-state index contributed by atoms with van der Waals surface area (Å²) in [5, 5.41) is 1.45. The number of amides is 2. The first kappa shape index (κ1) is 44.4. The molecular weight excluding hydrogens is 795 g/mol. The van der Waals surface area contributed by atoms with Crippen LogP contribution in [0.25, 0.3) is 17.4 Å². The fourth-order valence-corrected chi connectivity index (χ4v) is 8.32. The zero-order valence-corrected chi connectivity index (χ0v) is 34.4. The van der Waals surface area contributed by atoms with Crippen LogP contribution in [0.4, 0.5) is 5.69 Å². The zero-order valence-electron chi connectivity index (χ0n) is 32.8. The lowest BCUT2D eigenvalue weighted by molar-refractivity contribution is -0.197. The largest absolute Gasteiger partial charge is 0.464 e. The van der Waals surface area contributed by atoms with Gasteiger partial charge in [0.2, 0.25) is 5.36 Å². The van der Waals surface area contributed by atoms with Gasteiger partial charge in [0, 0.05) is 68.5 Å². The molecule has 1 aromatic rings. The number of carbonyl (C=O) groups is 3. The Labute approximate surface area is 338 Å². The maximum Gasteiger partial charge on any atom is 0.333 e. The molecule has 1 unspecified atom stereocenters. The molecular formula is C40H50N3O13S2+. The first-order chi connectivity index (χ1) is 27.6. The molecule has 0 saturated carbocycles. The molecule has 1 fully saturated rings. The molecule has 1 saturated heterocycles. The average molecular weight is 845 g/mol. The van der Waals surface area contributed by atoms with Crippen molar-refractivity contribution in [1.29, 1.82) is 0 Å². The normalized spacial score (nSPS) is 17.9. The van der Waals surface area contributed by atoms with Gasteiger partial charge in [0.15, 0.2) is 13.1 Å². The van der Waals surface area contributed by atoms with Gasteiger partial charge in [-0.25, -0.2) is 9.37 Å². The topological polar surface area (TPSA) is 210 Å². The van der Waals surface area contributed by atoms with E-state index in [0.717, 1.165) is 16.5 Å². The number of carbonyl (C=O) groups excluding carboxylic acids is 3. The smallest absolute Gasteiger partial charge is 0.333 e. The molecule has 18 heteroatoms. The number of hydrogen-bond acceptors (Lipinski definition) is 12. The van der Waals surface area contributed by atoms with Crippen LogP contribution in [-0.4, -0.2) is 102 Å². The first-order valence-electron chi connectivity index (χ1n) is 18.9. The lowest BCUT2D eigenvalue weighted by Gasteiger charge is -2.30. The summed E-state index contributed by atoms with van der Waals surface area (Å²) in [4.78, 5) is 42.7. The van der Waals surface area contributed by atoms with Gasteiger partial charge in [0.25, 0.3) is 32.1 Å². The summed E-state index contributed by atoms with van der Waals surface area (Å²) in [5.41, 5.74) is 2.63. The molecule has 1 aromatic carbocycles. The Kier molecular flexibility index (Phi) is 14.8. The van der Waals surface area contributed by atoms with Crippen LogP contribution in [0, 0.1) is 0 Å². The Balaban J connectivity index is 1.46. The Morgan fingerprint density at radius 1 is 0.931 bits per heavy atom. The molecule has 5 rings (SSSR count). The standard InChI is InChI=1S/C40H49N3O13S2/c1-40(19-8-26-57(47,48)49)33-28-31(58(50,51)52)13-15-34(33)42(20-6-4-5-11-39(46)56-43-37(44)16-17-38(43)45)36(40)10-7-9-29-18-23-55-35-27-30(12-14-32(29)35)41(21-24-53-2)22-25-54-3/h7,9-10,12-15,18,23,27-28H,4-6,8,11,16-17,19-22,24-26H2,1-3H3,(H-,47,48,49,50,51,52)/p+1. The number of hydroxylamine groups is 2. The summed E-state index contributed by atoms with van der Waals surface area (Å²) in [6.45, 7) is 4.63. The van der Waals surface area contributed by atoms with Gasteiger partial charge in [-0.3, -0.25) is 18.7 Å². The molecule has 314 valence electrons. The van der Waals surface area contributed by atoms with Crippen molar-refractivity contribution in [2.75, 3.05) is 57.7 Å². The minimum Gasteiger partial charge on any atom is -0.464 e. The van der Waals surface area contributed by atoms with Crippen LogP contribution in [0.5, 0.6) is 0 Å². The number of ether oxygens (including phenoxy) is 2. The number of anilines is 1. The highest BCUT2D eigenvalue weighted by atomic mass is 32.2. The molecule has 58 heavy (non-hydrogen) atoms. The van der Waals surface area contributed by atoms with E-state index in [2.05, 4.69) is 4.58 Å². The third-order valence-corrected chi connectivity index (χ3v) is 11.9. The third-order valence-electron chi connectivity index (χ3n) is 10.3. The summed E-state index contributed by atoms with van der Waals surface area (Å²) in [6.07, 6.45) is 8.93. The van der Waals surface area contributed by atoms with Crippen LogP contribution in [0.15, 0.2) is 75.9 Å². The number of unbranched alkanes of at least 4 members (excludes halogenated alkanes) is 2. The number of fused-ring (bicyclic) bond motifs is 2. The first-order valence-corrected chi connectivity index (χ1v) is 22.0. The minimum absolute atomic E-state index is 0.00222. The molecule has 3 aliphatic heterocycles. The van der Waals surface area contributed by atoms with E-state index in [4.69, 9.17) is 18.7 Å². The molecule has 2 amide bonds. The predicted octanol–water partition coefficient (Wildman–Crippen LogP) is 4.21. The van der Waals surface area contributed by atoms with Gasteiger partial charge in [0.1, 0.15) is 19.0 Å². The number of allylic oxidation sites excluding steroid dienone is 3. The van der Waals surface area contributed by atoms with Crippen molar-refractivity contribution in [1.82, 2.24) is 9.64 Å². The van der Waals surface area contributed by atoms with Gasteiger partial charge < -0.3 is 23.6 Å². The molecule has 0 radical (unpaired) electrons. The summed E-state index contributed by atoms with van der Waals surface area (Å²) in [7, 11) is -5.60. The van der Waals surface area contributed by atoms with Gasteiger partial charge in [-0.15, -0.1) is 5.06 Å². The van der Waals surface area contributed by atoms with Gasteiger partial charge in [-0.2, -0.15) is 16.8 Å². The second-order valence-electron chi connectivity index (χ2n) is 14.3. The van der Waals surface area contributed by atoms with Crippen molar-refractivity contribution in [2.45, 2.75) is 68.6 Å². The van der Waals surface area contributed by atoms with Crippen molar-refractivity contribution in [3.05, 3.63) is 83.1 Å². The molecule has 16 nitrogen and oxygen atoms in total. The van der Waals surface area contributed by atoms with E-state index in [9.17, 15) is 40.3 Å². The van der Waals surface area contributed by atoms with Crippen LogP contribution < -0.4 is 14.8 Å². The Morgan fingerprint density at radius 2 is 1.64 bits per heavy atom. The number of hydrogen-bond donors (Lipinski definition) is 2. The second kappa shape index (κ2) is 19.4. The van der Waals surface area contributed by atoms with Gasteiger partial charge >= 0.3 is 5.97 Å². The van der Waals surface area contributed by atoms with E-state index < -0.39 is 49.2 Å². The number of nitrogens with zero attached hydrogens (tertiary/aromatic N) is 3. The Bertz CT molecular complexity index is 2290. The Hall–Kier alpha value is -4.72. The van der Waals surface area contributed by atoms with Crippen molar-refractivity contribution in [3.63, 3.8) is 0 Å². The number of benzene rings is 2. The van der Waals surface area contributed by atoms with E-state index in [0.29, 0.717) is 79.9 Å². The van der Waals surface area contributed by atoms with Gasteiger partial charge in [-0.05, 0) is 80.1 Å². The highest BCUT2D eigenvalue weighted by Gasteiger charge is 2.43. The fourth-order valence-electron chi connectivity index (χ4n) is 7.30. The molecule has 2 N–H and O–H groups in total. The SMILES string of the molecule is COCC[N+](CCOC)=c1ccc2c(/C=C/C=C3/N(CCCCCC(=O)ON4C(=O)CCC4=O)c4ccc(S(=O)(=O)O)cc4C3(C)CCCS(=O)(=O)O)ccoc-2c1. The third kappa shape index (κ3) is 11.1. The average Bonchev–Trinajstić information content (AvgIpc) is 3.60. The number of methoxy groups -OCH3 is 2. The number of rotatable bonds is 20. The highest BCUT2D eigenvalue weighted by molar-refractivity contribution is 7.86. The zero-order chi connectivity index (χ0) is 42.1. The lowest BCUT2D eigenvalue weighted by atomic mass is 9.77. The van der Waals surface area contributed by atoms with E-state index in [1.807, 2.05) is 54.3 Å². The van der Waals surface area contributed by atoms with E-state index in [-0.39, 0.29) is 37.0 Å². The molecule has 0 spiro atoms. The Morgan fingerprint density at radius 3 is 2.29 bits per heavy atom. The number of imide groups is 1. The van der Waals surface area contributed by atoms with E-state index >= 15 is 0 Å². The highest BCUT2D eigenvalue weighted by Crippen LogP contribution is 2.51. The summed E-state index contributed by atoms with van der Waals surface area (Å²) in [6, 6.07) is 12.0. The summed E-state index contributed by atoms with van der Waals surface area (Å²) < 4.78 is 86.3. The molecule has 0 bridgehead atoms. The van der Waals surface area contributed by atoms with Crippen LogP contribution in [0.2, 0.25) is 0 Å². The predicted molar refractivity (Wildman–Crippen MR) is 213 cm³/mol. The van der Waals surface area contributed by atoms with Crippen LogP contribution >= 0.6 is 0 Å². The molecule has 0 aromatic heterocycles. The van der Waals surface area contributed by atoms with Crippen molar-refractivity contribution in [3.8, 4) is 11.3 Å². The van der Waals surface area contributed by atoms with E-state index in [1.165, 1.54) is 12.1 Å². The van der Waals surface area contributed by atoms with Crippen molar-refractivity contribution in [2.24, 2.45) is 0 Å². The summed E-state index contributed by atoms with van der Waals surface area (Å²) >= 11 is 0. The van der Waals surface area contributed by atoms with Crippen LogP contribution in [0.1, 0.15) is 69.4 Å². The second-order valence-corrected chi connectivity index (χ2v) is 17.3. The molecule has 3 heterocycles. The monoisotopic (exact) mass is 844 g/mol. The van der Waals surface area contributed by atoms with Crippen molar-refractivity contribution >= 4 is 49.8 Å². The quantitative estimate of drug-likeness (QED) is 0.0707. The van der Waals surface area contributed by atoms with Crippen molar-refractivity contribution < 1.29 is 59.1 Å². The van der Waals surface area contributed by atoms with E-state index in [1.54, 1.807) is 26.5 Å². The lowest BCUT2D eigenvalue weighted by Crippen LogP contribution is -2.35. The fraction of sp³-hybridized carbons (Fsp3) is 0.450. The van der Waals surface area contributed by atoms with Crippen LogP contribution in [-0.2, 0) is 54.3 Å². The molecule has 4 aliphatic rings. The molecule has 1 aliphatic carbocycles. The van der Waals surface area contributed by atoms with Gasteiger partial charge in [0.05, 0.1) is 23.0 Å². The minimum atomic E-state index is -4.59. The maximum absolute atomic E-state index is 12.4.